The Bertz CT molecular complexity index is 434. The lowest BCUT2D eigenvalue weighted by Gasteiger charge is -2.16. The SMILES string of the molecule is CC(C)NC[C@H](NC(=O)OCc1ccccc1)C(=O)O. The third-order valence-electron chi connectivity index (χ3n) is 2.53. The number of benzene rings is 1. The average Bonchev–Trinajstić information content (AvgIpc) is 2.41. The van der Waals surface area contributed by atoms with Gasteiger partial charge in [0.1, 0.15) is 12.6 Å². The number of aliphatic carboxylic acids is 1. The second-order valence-corrected chi connectivity index (χ2v) is 4.66. The predicted molar refractivity (Wildman–Crippen MR) is 74.3 cm³/mol. The van der Waals surface area contributed by atoms with Crippen molar-refractivity contribution in [3.8, 4) is 0 Å². The number of rotatable bonds is 7. The maximum Gasteiger partial charge on any atom is 0.408 e. The molecule has 0 unspecified atom stereocenters. The first kappa shape index (κ1) is 16.0. The van der Waals surface area contributed by atoms with Gasteiger partial charge in [0.05, 0.1) is 0 Å². The Labute approximate surface area is 118 Å². The number of ether oxygens (including phenoxy) is 1. The van der Waals surface area contributed by atoms with E-state index in [4.69, 9.17) is 9.84 Å². The first-order chi connectivity index (χ1) is 9.49. The second kappa shape index (κ2) is 8.16. The zero-order valence-electron chi connectivity index (χ0n) is 11.6. The van der Waals surface area contributed by atoms with Gasteiger partial charge in [0.2, 0.25) is 0 Å². The number of carboxylic acids is 1. The number of carbonyl (C=O) groups is 2. The summed E-state index contributed by atoms with van der Waals surface area (Å²) >= 11 is 0. The minimum Gasteiger partial charge on any atom is -0.480 e. The fraction of sp³-hybridized carbons (Fsp3) is 0.429. The molecule has 1 rings (SSSR count). The maximum absolute atomic E-state index is 11.6. The minimum absolute atomic E-state index is 0.108. The standard InChI is InChI=1S/C14H20N2O4/c1-10(2)15-8-12(13(17)18)16-14(19)20-9-11-6-4-3-5-7-11/h3-7,10,12,15H,8-9H2,1-2H3,(H,16,19)(H,17,18)/t12-/m0/s1. The number of hydrogen-bond donors (Lipinski definition) is 3. The van der Waals surface area contributed by atoms with Crippen LogP contribution in [0.5, 0.6) is 0 Å². The van der Waals surface area contributed by atoms with Gasteiger partial charge < -0.3 is 20.5 Å². The molecule has 0 saturated carbocycles. The highest BCUT2D eigenvalue weighted by Gasteiger charge is 2.20. The fourth-order valence-electron chi connectivity index (χ4n) is 1.46. The minimum atomic E-state index is -1.10. The Morgan fingerprint density at radius 2 is 1.90 bits per heavy atom. The van der Waals surface area contributed by atoms with Crippen LogP contribution < -0.4 is 10.6 Å². The molecule has 1 atom stereocenters. The van der Waals surface area contributed by atoms with Crippen LogP contribution in [0.2, 0.25) is 0 Å². The number of alkyl carbamates (subject to hydrolysis) is 1. The summed E-state index contributed by atoms with van der Waals surface area (Å²) < 4.78 is 4.97. The molecule has 1 aromatic carbocycles. The van der Waals surface area contributed by atoms with E-state index in [-0.39, 0.29) is 19.2 Å². The number of hydrogen-bond acceptors (Lipinski definition) is 4. The Hall–Kier alpha value is -2.08. The largest absolute Gasteiger partial charge is 0.480 e. The van der Waals surface area contributed by atoms with E-state index in [2.05, 4.69) is 10.6 Å². The van der Waals surface area contributed by atoms with Gasteiger partial charge in [-0.25, -0.2) is 9.59 Å². The number of carbonyl (C=O) groups excluding carboxylic acids is 1. The molecule has 1 amide bonds. The molecule has 0 fully saturated rings. The van der Waals surface area contributed by atoms with Crippen LogP contribution in [0.3, 0.4) is 0 Å². The van der Waals surface area contributed by atoms with Crippen LogP contribution in [0.25, 0.3) is 0 Å². The van der Waals surface area contributed by atoms with E-state index in [1.165, 1.54) is 0 Å². The van der Waals surface area contributed by atoms with Gasteiger partial charge in [-0.3, -0.25) is 0 Å². The van der Waals surface area contributed by atoms with Gasteiger partial charge in [0, 0.05) is 12.6 Å². The van der Waals surface area contributed by atoms with Crippen molar-refractivity contribution in [1.82, 2.24) is 10.6 Å². The highest BCUT2D eigenvalue weighted by Crippen LogP contribution is 2.00. The molecule has 0 radical (unpaired) electrons. The molecule has 0 heterocycles. The van der Waals surface area contributed by atoms with Crippen molar-refractivity contribution in [2.75, 3.05) is 6.54 Å². The third kappa shape index (κ3) is 6.19. The Kier molecular flexibility index (Phi) is 6.52. The Morgan fingerprint density at radius 1 is 1.25 bits per heavy atom. The fourth-order valence-corrected chi connectivity index (χ4v) is 1.46. The van der Waals surface area contributed by atoms with E-state index in [1.54, 1.807) is 0 Å². The summed E-state index contributed by atoms with van der Waals surface area (Å²) in [4.78, 5) is 22.6. The quantitative estimate of drug-likeness (QED) is 0.702. The molecule has 0 aliphatic heterocycles. The van der Waals surface area contributed by atoms with Crippen molar-refractivity contribution in [1.29, 1.82) is 0 Å². The van der Waals surface area contributed by atoms with Crippen LogP contribution >= 0.6 is 0 Å². The molecule has 0 spiro atoms. The van der Waals surface area contributed by atoms with Crippen LogP contribution in [-0.2, 0) is 16.1 Å². The van der Waals surface area contributed by atoms with Gasteiger partial charge in [-0.05, 0) is 5.56 Å². The van der Waals surface area contributed by atoms with Gasteiger partial charge in [-0.1, -0.05) is 44.2 Å². The summed E-state index contributed by atoms with van der Waals surface area (Å²) in [5.74, 6) is -1.10. The lowest BCUT2D eigenvalue weighted by atomic mass is 10.2. The van der Waals surface area contributed by atoms with Gasteiger partial charge in [0.15, 0.2) is 0 Å². The van der Waals surface area contributed by atoms with E-state index in [9.17, 15) is 9.59 Å². The van der Waals surface area contributed by atoms with E-state index in [0.717, 1.165) is 5.56 Å². The molecular formula is C14H20N2O4. The van der Waals surface area contributed by atoms with E-state index in [0.29, 0.717) is 0 Å². The summed E-state index contributed by atoms with van der Waals surface area (Å²) in [5, 5.41) is 14.3. The Balaban J connectivity index is 2.40. The molecule has 1 aromatic rings. The first-order valence-electron chi connectivity index (χ1n) is 6.42. The summed E-state index contributed by atoms with van der Waals surface area (Å²) in [7, 11) is 0. The summed E-state index contributed by atoms with van der Waals surface area (Å²) in [6.45, 7) is 4.04. The van der Waals surface area contributed by atoms with Crippen molar-refractivity contribution in [3.63, 3.8) is 0 Å². The molecule has 20 heavy (non-hydrogen) atoms. The molecule has 6 heteroatoms. The van der Waals surface area contributed by atoms with Gasteiger partial charge in [-0.15, -0.1) is 0 Å². The molecule has 0 saturated heterocycles. The molecular weight excluding hydrogens is 260 g/mol. The summed E-state index contributed by atoms with van der Waals surface area (Å²) in [5.41, 5.74) is 0.842. The van der Waals surface area contributed by atoms with Gasteiger partial charge >= 0.3 is 12.1 Å². The highest BCUT2D eigenvalue weighted by molar-refractivity contribution is 5.80. The van der Waals surface area contributed by atoms with E-state index < -0.39 is 18.1 Å². The smallest absolute Gasteiger partial charge is 0.408 e. The molecule has 0 bridgehead atoms. The van der Waals surface area contributed by atoms with Crippen LogP contribution in [0.4, 0.5) is 4.79 Å². The zero-order valence-corrected chi connectivity index (χ0v) is 11.6. The van der Waals surface area contributed by atoms with Crippen LogP contribution in [0.1, 0.15) is 19.4 Å². The topological polar surface area (TPSA) is 87.7 Å². The van der Waals surface area contributed by atoms with E-state index >= 15 is 0 Å². The predicted octanol–water partition coefficient (Wildman–Crippen LogP) is 1.36. The second-order valence-electron chi connectivity index (χ2n) is 4.66. The Morgan fingerprint density at radius 3 is 2.45 bits per heavy atom. The van der Waals surface area contributed by atoms with Crippen LogP contribution in [0.15, 0.2) is 30.3 Å². The van der Waals surface area contributed by atoms with E-state index in [1.807, 2.05) is 44.2 Å². The zero-order chi connectivity index (χ0) is 15.0. The van der Waals surface area contributed by atoms with Crippen molar-refractivity contribution in [3.05, 3.63) is 35.9 Å². The van der Waals surface area contributed by atoms with Gasteiger partial charge in [-0.2, -0.15) is 0 Å². The van der Waals surface area contributed by atoms with Crippen molar-refractivity contribution in [2.24, 2.45) is 0 Å². The summed E-state index contributed by atoms with van der Waals surface area (Å²) in [6, 6.07) is 8.30. The monoisotopic (exact) mass is 280 g/mol. The third-order valence-corrected chi connectivity index (χ3v) is 2.53. The highest BCUT2D eigenvalue weighted by atomic mass is 16.5. The summed E-state index contributed by atoms with van der Waals surface area (Å²) in [6.07, 6.45) is -0.744. The van der Waals surface area contributed by atoms with Crippen LogP contribution in [0, 0.1) is 0 Å². The van der Waals surface area contributed by atoms with Crippen LogP contribution in [-0.4, -0.2) is 35.8 Å². The molecule has 6 nitrogen and oxygen atoms in total. The normalized spacial score (nSPS) is 11.9. The first-order valence-corrected chi connectivity index (χ1v) is 6.42. The molecule has 0 aliphatic carbocycles. The van der Waals surface area contributed by atoms with Crippen molar-refractivity contribution >= 4 is 12.1 Å². The number of carboxylic acid groups (broad SMARTS) is 1. The lowest BCUT2D eigenvalue weighted by Crippen LogP contribution is -2.48. The molecule has 0 aliphatic rings. The molecule has 0 aromatic heterocycles. The molecule has 3 N–H and O–H groups in total. The van der Waals surface area contributed by atoms with Crippen molar-refractivity contribution in [2.45, 2.75) is 32.5 Å². The lowest BCUT2D eigenvalue weighted by molar-refractivity contribution is -0.139. The van der Waals surface area contributed by atoms with Gasteiger partial charge in [0.25, 0.3) is 0 Å². The number of amides is 1. The number of nitrogens with one attached hydrogen (secondary N) is 2. The average molecular weight is 280 g/mol. The molecule has 110 valence electrons. The van der Waals surface area contributed by atoms with Crippen molar-refractivity contribution < 1.29 is 19.4 Å². The maximum atomic E-state index is 11.6.